The highest BCUT2D eigenvalue weighted by Gasteiger charge is 2.19. The van der Waals surface area contributed by atoms with Crippen molar-refractivity contribution in [1.82, 2.24) is 20.5 Å². The van der Waals surface area contributed by atoms with E-state index >= 15 is 0 Å². The second-order valence-corrected chi connectivity index (χ2v) is 5.66. The van der Waals surface area contributed by atoms with Crippen LogP contribution in [0.15, 0.2) is 24.5 Å². The van der Waals surface area contributed by atoms with Gasteiger partial charge in [-0.15, -0.1) is 0 Å². The molecule has 0 aliphatic carbocycles. The van der Waals surface area contributed by atoms with E-state index in [9.17, 15) is 9.18 Å². The molecule has 1 amide bonds. The Balaban J connectivity index is 2.19. The van der Waals surface area contributed by atoms with Crippen LogP contribution in [0.1, 0.15) is 23.8 Å². The van der Waals surface area contributed by atoms with E-state index in [0.717, 1.165) is 6.42 Å². The molecule has 0 aliphatic heterocycles. The SMILES string of the molecule is CCCNC(=O)c1ncc2c(-c3[nH]ncc3Cl)c(F)ccc2c1N. The van der Waals surface area contributed by atoms with Crippen molar-refractivity contribution in [3.05, 3.63) is 41.1 Å². The van der Waals surface area contributed by atoms with E-state index in [4.69, 9.17) is 17.3 Å². The van der Waals surface area contributed by atoms with Crippen molar-refractivity contribution in [2.75, 3.05) is 12.3 Å². The van der Waals surface area contributed by atoms with Gasteiger partial charge in [-0.05, 0) is 18.6 Å². The predicted molar refractivity (Wildman–Crippen MR) is 91.3 cm³/mol. The van der Waals surface area contributed by atoms with Gasteiger partial charge in [-0.1, -0.05) is 18.5 Å². The van der Waals surface area contributed by atoms with Crippen LogP contribution in [-0.2, 0) is 0 Å². The van der Waals surface area contributed by atoms with Crippen molar-refractivity contribution in [1.29, 1.82) is 0 Å². The van der Waals surface area contributed by atoms with Gasteiger partial charge in [-0.3, -0.25) is 9.89 Å². The lowest BCUT2D eigenvalue weighted by atomic mass is 10.0. The number of anilines is 1. The lowest BCUT2D eigenvalue weighted by molar-refractivity contribution is 0.0950. The van der Waals surface area contributed by atoms with Crippen molar-refractivity contribution in [3.63, 3.8) is 0 Å². The summed E-state index contributed by atoms with van der Waals surface area (Å²) in [5.74, 6) is -0.847. The number of aromatic amines is 1. The molecule has 0 aliphatic rings. The molecule has 6 nitrogen and oxygen atoms in total. The van der Waals surface area contributed by atoms with Crippen LogP contribution in [-0.4, -0.2) is 27.6 Å². The highest BCUT2D eigenvalue weighted by atomic mass is 35.5. The van der Waals surface area contributed by atoms with Gasteiger partial charge in [0.05, 0.1) is 22.6 Å². The zero-order valence-electron chi connectivity index (χ0n) is 12.9. The van der Waals surface area contributed by atoms with Gasteiger partial charge in [0.15, 0.2) is 5.69 Å². The lowest BCUT2D eigenvalue weighted by Crippen LogP contribution is -2.26. The summed E-state index contributed by atoms with van der Waals surface area (Å²) in [5, 5.41) is 10.5. The minimum Gasteiger partial charge on any atom is -0.396 e. The molecule has 0 atom stereocenters. The molecule has 0 unspecified atom stereocenters. The molecule has 0 bridgehead atoms. The Morgan fingerprint density at radius 3 is 2.83 bits per heavy atom. The van der Waals surface area contributed by atoms with Crippen LogP contribution < -0.4 is 11.1 Å². The molecule has 3 rings (SSSR count). The Labute approximate surface area is 142 Å². The van der Waals surface area contributed by atoms with Gasteiger partial charge in [0.1, 0.15) is 5.82 Å². The number of halogens is 2. The maximum absolute atomic E-state index is 14.4. The minimum atomic E-state index is -0.488. The van der Waals surface area contributed by atoms with E-state index < -0.39 is 5.82 Å². The van der Waals surface area contributed by atoms with Gasteiger partial charge in [0.2, 0.25) is 0 Å². The first-order chi connectivity index (χ1) is 11.5. The topological polar surface area (TPSA) is 96.7 Å². The average molecular weight is 348 g/mol. The fourth-order valence-electron chi connectivity index (χ4n) is 2.49. The van der Waals surface area contributed by atoms with E-state index in [1.54, 1.807) is 0 Å². The number of nitrogens with two attached hydrogens (primary N) is 1. The first-order valence-electron chi connectivity index (χ1n) is 7.38. The van der Waals surface area contributed by atoms with Crippen LogP contribution in [0, 0.1) is 5.82 Å². The highest BCUT2D eigenvalue weighted by molar-refractivity contribution is 6.33. The van der Waals surface area contributed by atoms with Gasteiger partial charge in [-0.2, -0.15) is 5.10 Å². The Bertz CT molecular complexity index is 924. The Hall–Kier alpha value is -2.67. The molecule has 3 aromatic rings. The molecule has 124 valence electrons. The largest absolute Gasteiger partial charge is 0.396 e. The molecule has 2 heterocycles. The molecule has 2 aromatic heterocycles. The molecule has 0 saturated carbocycles. The van der Waals surface area contributed by atoms with Crippen LogP contribution in [0.4, 0.5) is 10.1 Å². The Kier molecular flexibility index (Phi) is 4.35. The smallest absolute Gasteiger partial charge is 0.272 e. The highest BCUT2D eigenvalue weighted by Crippen LogP contribution is 2.36. The van der Waals surface area contributed by atoms with Crippen LogP contribution in [0.5, 0.6) is 0 Å². The van der Waals surface area contributed by atoms with Gasteiger partial charge in [0.25, 0.3) is 5.91 Å². The number of hydrogen-bond donors (Lipinski definition) is 3. The van der Waals surface area contributed by atoms with Crippen molar-refractivity contribution in [3.8, 4) is 11.3 Å². The molecule has 0 radical (unpaired) electrons. The number of carbonyl (C=O) groups excluding carboxylic acids is 1. The molecule has 4 N–H and O–H groups in total. The molecule has 1 aromatic carbocycles. The number of nitrogens with one attached hydrogen (secondary N) is 2. The fourth-order valence-corrected chi connectivity index (χ4v) is 2.68. The van der Waals surface area contributed by atoms with E-state index in [1.807, 2.05) is 6.92 Å². The molecular weight excluding hydrogens is 333 g/mol. The van der Waals surface area contributed by atoms with Gasteiger partial charge in [0, 0.05) is 29.1 Å². The third kappa shape index (κ3) is 2.67. The summed E-state index contributed by atoms with van der Waals surface area (Å²) in [5.41, 5.74) is 6.96. The van der Waals surface area contributed by atoms with Crippen molar-refractivity contribution in [2.45, 2.75) is 13.3 Å². The second-order valence-electron chi connectivity index (χ2n) is 5.25. The number of carbonyl (C=O) groups is 1. The average Bonchev–Trinajstić information content (AvgIpc) is 2.98. The molecule has 0 fully saturated rings. The third-order valence-corrected chi connectivity index (χ3v) is 3.94. The maximum atomic E-state index is 14.4. The number of nitrogens with zero attached hydrogens (tertiary/aromatic N) is 2. The summed E-state index contributed by atoms with van der Waals surface area (Å²) in [6.45, 7) is 2.47. The minimum absolute atomic E-state index is 0.115. The van der Waals surface area contributed by atoms with Gasteiger partial charge >= 0.3 is 0 Å². The number of benzene rings is 1. The molecule has 0 saturated heterocycles. The lowest BCUT2D eigenvalue weighted by Gasteiger charge is -2.12. The predicted octanol–water partition coefficient (Wildman–Crippen LogP) is 3.14. The second kappa shape index (κ2) is 6.45. The quantitative estimate of drug-likeness (QED) is 0.675. The molecule has 0 spiro atoms. The fraction of sp³-hybridized carbons (Fsp3) is 0.188. The van der Waals surface area contributed by atoms with Crippen molar-refractivity contribution < 1.29 is 9.18 Å². The number of rotatable bonds is 4. The van der Waals surface area contributed by atoms with Crippen LogP contribution in [0.3, 0.4) is 0 Å². The zero-order chi connectivity index (χ0) is 17.3. The first-order valence-corrected chi connectivity index (χ1v) is 7.76. The Morgan fingerprint density at radius 2 is 2.17 bits per heavy atom. The number of aromatic nitrogens is 3. The molecular formula is C16H15ClFN5O. The maximum Gasteiger partial charge on any atom is 0.272 e. The Morgan fingerprint density at radius 1 is 1.38 bits per heavy atom. The number of nitrogen functional groups attached to an aromatic ring is 1. The molecule has 8 heteroatoms. The standard InChI is InChI=1S/C16H15ClFN5O/c1-2-5-20-16(24)15-13(19)8-3-4-11(18)12(9(8)6-21-15)14-10(17)7-22-23-14/h3-4,6-7H,2,5,19H2,1H3,(H,20,24)(H,22,23). The summed E-state index contributed by atoms with van der Waals surface area (Å²) >= 11 is 6.05. The van der Waals surface area contributed by atoms with Crippen LogP contribution >= 0.6 is 11.6 Å². The van der Waals surface area contributed by atoms with E-state index in [0.29, 0.717) is 23.0 Å². The number of fused-ring (bicyclic) bond motifs is 1. The van der Waals surface area contributed by atoms with Crippen molar-refractivity contribution >= 4 is 34.0 Å². The van der Waals surface area contributed by atoms with Crippen molar-refractivity contribution in [2.24, 2.45) is 0 Å². The zero-order valence-corrected chi connectivity index (χ0v) is 13.6. The van der Waals surface area contributed by atoms with Crippen LogP contribution in [0.2, 0.25) is 5.02 Å². The first kappa shape index (κ1) is 16.2. The summed E-state index contributed by atoms with van der Waals surface area (Å²) < 4.78 is 14.4. The van der Waals surface area contributed by atoms with Gasteiger partial charge in [-0.25, -0.2) is 9.37 Å². The number of pyridine rings is 1. The van der Waals surface area contributed by atoms with Crippen LogP contribution in [0.25, 0.3) is 22.0 Å². The van der Waals surface area contributed by atoms with E-state index in [2.05, 4.69) is 20.5 Å². The summed E-state index contributed by atoms with van der Waals surface area (Å²) in [6, 6.07) is 2.80. The van der Waals surface area contributed by atoms with Gasteiger partial charge < -0.3 is 11.1 Å². The monoisotopic (exact) mass is 347 g/mol. The molecule has 24 heavy (non-hydrogen) atoms. The summed E-state index contributed by atoms with van der Waals surface area (Å²) in [4.78, 5) is 16.3. The summed E-state index contributed by atoms with van der Waals surface area (Å²) in [7, 11) is 0. The summed E-state index contributed by atoms with van der Waals surface area (Å²) in [6.07, 6.45) is 3.60. The number of hydrogen-bond acceptors (Lipinski definition) is 4. The number of amides is 1. The van der Waals surface area contributed by atoms with E-state index in [-0.39, 0.29) is 27.9 Å². The number of H-pyrrole nitrogens is 1. The third-order valence-electron chi connectivity index (χ3n) is 3.66. The van der Waals surface area contributed by atoms with E-state index in [1.165, 1.54) is 24.5 Å². The normalized spacial score (nSPS) is 11.0.